The van der Waals surface area contributed by atoms with Gasteiger partial charge in [0.05, 0.1) is 15.4 Å². The molecular weight excluding hydrogens is 377 g/mol. The van der Waals surface area contributed by atoms with Gasteiger partial charge < -0.3 is 5.32 Å². The van der Waals surface area contributed by atoms with Crippen molar-refractivity contribution in [2.24, 2.45) is 0 Å². The maximum atomic E-state index is 14.1. The van der Waals surface area contributed by atoms with Crippen LogP contribution in [-0.2, 0) is 10.0 Å². The standard InChI is InChI=1S/C17H18FN3O5S/c1-3-20(4-2)27(25,26)14-9-10-16(18)15(11-14)17(22)19-12-5-7-13(8-6-12)21(23)24/h5-11H,3-4H2,1-2H3,(H,19,22). The molecular formula is C17H18FN3O5S. The molecule has 0 aliphatic rings. The van der Waals surface area contributed by atoms with E-state index in [1.165, 1.54) is 28.6 Å². The lowest BCUT2D eigenvalue weighted by atomic mass is 10.2. The highest BCUT2D eigenvalue weighted by Crippen LogP contribution is 2.21. The Bertz CT molecular complexity index is 957. The van der Waals surface area contributed by atoms with Gasteiger partial charge in [-0.3, -0.25) is 14.9 Å². The summed E-state index contributed by atoms with van der Waals surface area (Å²) < 4.78 is 40.4. The summed E-state index contributed by atoms with van der Waals surface area (Å²) in [7, 11) is -3.85. The van der Waals surface area contributed by atoms with Gasteiger partial charge in [-0.15, -0.1) is 0 Å². The van der Waals surface area contributed by atoms with Crippen molar-refractivity contribution in [3.8, 4) is 0 Å². The summed E-state index contributed by atoms with van der Waals surface area (Å²) in [4.78, 5) is 22.2. The SMILES string of the molecule is CCN(CC)S(=O)(=O)c1ccc(F)c(C(=O)Nc2ccc([N+](=O)[O-])cc2)c1. The summed E-state index contributed by atoms with van der Waals surface area (Å²) in [6.45, 7) is 3.82. The van der Waals surface area contributed by atoms with E-state index in [2.05, 4.69) is 5.32 Å². The fourth-order valence-corrected chi connectivity index (χ4v) is 3.90. The summed E-state index contributed by atoms with van der Waals surface area (Å²) in [5.41, 5.74) is -0.393. The van der Waals surface area contributed by atoms with Gasteiger partial charge in [0, 0.05) is 30.9 Å². The molecule has 0 radical (unpaired) electrons. The summed E-state index contributed by atoms with van der Waals surface area (Å²) in [6, 6.07) is 7.96. The number of hydrogen-bond acceptors (Lipinski definition) is 5. The van der Waals surface area contributed by atoms with Crippen LogP contribution in [-0.4, -0.2) is 36.6 Å². The van der Waals surface area contributed by atoms with E-state index in [1.807, 2.05) is 0 Å². The van der Waals surface area contributed by atoms with E-state index >= 15 is 0 Å². The highest BCUT2D eigenvalue weighted by atomic mass is 32.2. The molecule has 10 heteroatoms. The Morgan fingerprint density at radius 3 is 2.26 bits per heavy atom. The van der Waals surface area contributed by atoms with E-state index in [9.17, 15) is 27.7 Å². The zero-order valence-corrected chi connectivity index (χ0v) is 15.5. The molecule has 0 unspecified atom stereocenters. The molecule has 1 amide bonds. The number of carbonyl (C=O) groups excluding carboxylic acids is 1. The third-order valence-corrected chi connectivity index (χ3v) is 5.91. The molecule has 0 bridgehead atoms. The van der Waals surface area contributed by atoms with Crippen molar-refractivity contribution in [3.05, 3.63) is 64.0 Å². The highest BCUT2D eigenvalue weighted by molar-refractivity contribution is 7.89. The van der Waals surface area contributed by atoms with E-state index in [0.29, 0.717) is 0 Å². The second kappa shape index (κ2) is 8.23. The molecule has 2 aromatic rings. The first kappa shape index (κ1) is 20.5. The van der Waals surface area contributed by atoms with Gasteiger partial charge in [-0.2, -0.15) is 4.31 Å². The van der Waals surface area contributed by atoms with E-state index in [0.717, 1.165) is 18.2 Å². The molecule has 0 saturated carbocycles. The summed E-state index contributed by atoms with van der Waals surface area (Å²) in [6.07, 6.45) is 0. The van der Waals surface area contributed by atoms with Crippen LogP contribution in [0.2, 0.25) is 0 Å². The van der Waals surface area contributed by atoms with Crippen LogP contribution in [0.25, 0.3) is 0 Å². The molecule has 8 nitrogen and oxygen atoms in total. The Morgan fingerprint density at radius 2 is 1.74 bits per heavy atom. The predicted octanol–water partition coefficient (Wildman–Crippen LogP) is 3.02. The zero-order valence-electron chi connectivity index (χ0n) is 14.7. The molecule has 27 heavy (non-hydrogen) atoms. The van der Waals surface area contributed by atoms with Crippen LogP contribution in [0.4, 0.5) is 15.8 Å². The monoisotopic (exact) mass is 395 g/mol. The Morgan fingerprint density at radius 1 is 1.15 bits per heavy atom. The second-order valence-electron chi connectivity index (χ2n) is 5.49. The van der Waals surface area contributed by atoms with E-state index in [1.54, 1.807) is 13.8 Å². The van der Waals surface area contributed by atoms with Gasteiger partial charge in [-0.1, -0.05) is 13.8 Å². The van der Waals surface area contributed by atoms with Gasteiger partial charge in [-0.05, 0) is 30.3 Å². The average molecular weight is 395 g/mol. The smallest absolute Gasteiger partial charge is 0.269 e. The number of hydrogen-bond donors (Lipinski definition) is 1. The third-order valence-electron chi connectivity index (χ3n) is 3.86. The van der Waals surface area contributed by atoms with Crippen molar-refractivity contribution >= 4 is 27.3 Å². The molecule has 0 spiro atoms. The van der Waals surface area contributed by atoms with Crippen LogP contribution < -0.4 is 5.32 Å². The lowest BCUT2D eigenvalue weighted by Gasteiger charge is -2.19. The fourth-order valence-electron chi connectivity index (χ4n) is 2.42. The molecule has 0 aliphatic carbocycles. The van der Waals surface area contributed by atoms with Crippen molar-refractivity contribution in [2.45, 2.75) is 18.7 Å². The second-order valence-corrected chi connectivity index (χ2v) is 7.43. The molecule has 144 valence electrons. The average Bonchev–Trinajstić information content (AvgIpc) is 2.63. The normalized spacial score (nSPS) is 11.4. The van der Waals surface area contributed by atoms with Crippen molar-refractivity contribution in [1.29, 1.82) is 0 Å². The number of non-ortho nitro benzene ring substituents is 1. The molecule has 0 aromatic heterocycles. The molecule has 0 aliphatic heterocycles. The number of nitro benzene ring substituents is 1. The molecule has 2 rings (SSSR count). The molecule has 0 heterocycles. The minimum absolute atomic E-state index is 0.161. The summed E-state index contributed by atoms with van der Waals surface area (Å²) >= 11 is 0. The van der Waals surface area contributed by atoms with Crippen molar-refractivity contribution < 1.29 is 22.5 Å². The van der Waals surface area contributed by atoms with Crippen molar-refractivity contribution in [3.63, 3.8) is 0 Å². The molecule has 0 fully saturated rings. The number of halogens is 1. The number of nitrogens with one attached hydrogen (secondary N) is 1. The number of sulfonamides is 1. The number of carbonyl (C=O) groups is 1. The molecule has 2 aromatic carbocycles. The first-order valence-corrected chi connectivity index (χ1v) is 9.50. The van der Waals surface area contributed by atoms with E-state index in [-0.39, 0.29) is 29.4 Å². The molecule has 0 atom stereocenters. The van der Waals surface area contributed by atoms with Gasteiger partial charge in [0.15, 0.2) is 0 Å². The highest BCUT2D eigenvalue weighted by Gasteiger charge is 2.24. The minimum Gasteiger partial charge on any atom is -0.322 e. The van der Waals surface area contributed by atoms with Crippen LogP contribution >= 0.6 is 0 Å². The van der Waals surface area contributed by atoms with Crippen LogP contribution in [0.3, 0.4) is 0 Å². The van der Waals surface area contributed by atoms with Gasteiger partial charge in [0.2, 0.25) is 10.0 Å². The quantitative estimate of drug-likeness (QED) is 0.572. The topological polar surface area (TPSA) is 110 Å². The van der Waals surface area contributed by atoms with Crippen molar-refractivity contribution in [1.82, 2.24) is 4.31 Å². The fraction of sp³-hybridized carbons (Fsp3) is 0.235. The van der Waals surface area contributed by atoms with E-state index in [4.69, 9.17) is 0 Å². The number of rotatable bonds is 7. The Balaban J connectivity index is 2.32. The first-order valence-electron chi connectivity index (χ1n) is 8.06. The number of anilines is 1. The van der Waals surface area contributed by atoms with Crippen LogP contribution in [0, 0.1) is 15.9 Å². The molecule has 1 N–H and O–H groups in total. The number of amides is 1. The van der Waals surface area contributed by atoms with Crippen molar-refractivity contribution in [2.75, 3.05) is 18.4 Å². The summed E-state index contributed by atoms with van der Waals surface area (Å²) in [5.74, 6) is -1.74. The summed E-state index contributed by atoms with van der Waals surface area (Å²) in [5, 5.41) is 13.0. The van der Waals surface area contributed by atoms with Gasteiger partial charge >= 0.3 is 0 Å². The maximum Gasteiger partial charge on any atom is 0.269 e. The largest absolute Gasteiger partial charge is 0.322 e. The Hall–Kier alpha value is -2.85. The predicted molar refractivity (Wildman–Crippen MR) is 97.6 cm³/mol. The third kappa shape index (κ3) is 4.47. The Labute approximate surface area is 155 Å². The van der Waals surface area contributed by atoms with E-state index < -0.39 is 32.2 Å². The molecule has 0 saturated heterocycles. The number of benzene rings is 2. The van der Waals surface area contributed by atoms with Gasteiger partial charge in [0.1, 0.15) is 5.82 Å². The lowest BCUT2D eigenvalue weighted by Crippen LogP contribution is -2.31. The van der Waals surface area contributed by atoms with Gasteiger partial charge in [-0.25, -0.2) is 12.8 Å². The first-order chi connectivity index (χ1) is 12.7. The maximum absolute atomic E-state index is 14.1. The Kier molecular flexibility index (Phi) is 6.24. The lowest BCUT2D eigenvalue weighted by molar-refractivity contribution is -0.384. The zero-order chi connectivity index (χ0) is 20.2. The minimum atomic E-state index is -3.85. The van der Waals surface area contributed by atoms with Crippen LogP contribution in [0.15, 0.2) is 47.4 Å². The number of nitro groups is 1. The number of nitrogens with zero attached hydrogens (tertiary/aromatic N) is 2. The van der Waals surface area contributed by atoms with Crippen LogP contribution in [0.5, 0.6) is 0 Å². The van der Waals surface area contributed by atoms with Crippen LogP contribution in [0.1, 0.15) is 24.2 Å². The van der Waals surface area contributed by atoms with Gasteiger partial charge in [0.25, 0.3) is 11.6 Å².